The summed E-state index contributed by atoms with van der Waals surface area (Å²) >= 11 is 3.50. The van der Waals surface area contributed by atoms with Gasteiger partial charge in [-0.2, -0.15) is 5.10 Å². The van der Waals surface area contributed by atoms with Crippen LogP contribution in [-0.2, 0) is 0 Å². The summed E-state index contributed by atoms with van der Waals surface area (Å²) in [4.78, 5) is 15.3. The third-order valence-corrected chi connectivity index (χ3v) is 5.88. The third kappa shape index (κ3) is 3.00. The number of hydrogen-bond donors (Lipinski definition) is 1. The molecular formula is C24H18BrN3O2. The van der Waals surface area contributed by atoms with Gasteiger partial charge in [-0.05, 0) is 42.0 Å². The highest BCUT2D eigenvalue weighted by Gasteiger charge is 2.43. The molecule has 30 heavy (non-hydrogen) atoms. The SMILES string of the molecule is COc1ccc(N2C(=O)c3[nH]nc(-c4ccccc4)c3C2c2ccc(Br)cc2)cc1. The van der Waals surface area contributed by atoms with Gasteiger partial charge in [0.2, 0.25) is 0 Å². The van der Waals surface area contributed by atoms with E-state index in [0.717, 1.165) is 38.3 Å². The Hall–Kier alpha value is -3.38. The second-order valence-corrected chi connectivity index (χ2v) is 7.97. The predicted octanol–water partition coefficient (Wildman–Crippen LogP) is 5.60. The molecule has 0 spiro atoms. The fraction of sp³-hybridized carbons (Fsp3) is 0.0833. The molecule has 148 valence electrons. The number of H-pyrrole nitrogens is 1. The van der Waals surface area contributed by atoms with Gasteiger partial charge >= 0.3 is 0 Å². The summed E-state index contributed by atoms with van der Waals surface area (Å²) in [6, 6.07) is 25.3. The summed E-state index contributed by atoms with van der Waals surface area (Å²) in [7, 11) is 1.63. The Morgan fingerprint density at radius 2 is 1.67 bits per heavy atom. The minimum absolute atomic E-state index is 0.0993. The molecule has 0 radical (unpaired) electrons. The fourth-order valence-electron chi connectivity index (χ4n) is 3.93. The zero-order valence-electron chi connectivity index (χ0n) is 16.2. The van der Waals surface area contributed by atoms with Gasteiger partial charge in [-0.25, -0.2) is 0 Å². The molecule has 4 aromatic rings. The maximum atomic E-state index is 13.5. The number of carbonyl (C=O) groups excluding carboxylic acids is 1. The number of amides is 1. The fourth-order valence-corrected chi connectivity index (χ4v) is 4.20. The molecule has 0 saturated heterocycles. The van der Waals surface area contributed by atoms with Crippen LogP contribution < -0.4 is 9.64 Å². The lowest BCUT2D eigenvalue weighted by Crippen LogP contribution is -2.29. The molecule has 0 bridgehead atoms. The van der Waals surface area contributed by atoms with E-state index in [1.54, 1.807) is 7.11 Å². The number of aromatic nitrogens is 2. The highest BCUT2D eigenvalue weighted by Crippen LogP contribution is 2.45. The second kappa shape index (κ2) is 7.46. The van der Waals surface area contributed by atoms with Crippen molar-refractivity contribution < 1.29 is 9.53 Å². The summed E-state index contributed by atoms with van der Waals surface area (Å²) in [6.45, 7) is 0. The number of fused-ring (bicyclic) bond motifs is 1. The molecule has 2 heterocycles. The van der Waals surface area contributed by atoms with Gasteiger partial charge in [0, 0.05) is 21.3 Å². The molecule has 1 amide bonds. The first-order valence-corrected chi connectivity index (χ1v) is 10.3. The quantitative estimate of drug-likeness (QED) is 0.432. The van der Waals surface area contributed by atoms with Crippen molar-refractivity contribution in [1.82, 2.24) is 10.2 Å². The standard InChI is InChI=1S/C24H18BrN3O2/c1-30-19-13-11-18(12-14-19)28-23(16-7-9-17(25)10-8-16)20-21(15-5-3-2-4-6-15)26-27-22(20)24(28)29/h2-14,23H,1H3,(H,26,27). The van der Waals surface area contributed by atoms with Crippen LogP contribution >= 0.6 is 15.9 Å². The molecule has 0 saturated carbocycles. The smallest absolute Gasteiger partial charge is 0.277 e. The van der Waals surface area contributed by atoms with Gasteiger partial charge in [0.05, 0.1) is 18.8 Å². The lowest BCUT2D eigenvalue weighted by molar-refractivity contribution is 0.0988. The second-order valence-electron chi connectivity index (χ2n) is 7.05. The topological polar surface area (TPSA) is 58.2 Å². The maximum Gasteiger partial charge on any atom is 0.277 e. The largest absolute Gasteiger partial charge is 0.497 e. The Kier molecular flexibility index (Phi) is 4.64. The summed E-state index contributed by atoms with van der Waals surface area (Å²) in [6.07, 6.45) is 0. The first-order valence-electron chi connectivity index (χ1n) is 9.54. The normalized spacial score (nSPS) is 15.3. The number of methoxy groups -OCH3 is 1. The van der Waals surface area contributed by atoms with Crippen molar-refractivity contribution >= 4 is 27.5 Å². The molecule has 5 rings (SSSR count). The molecule has 1 aromatic heterocycles. The van der Waals surface area contributed by atoms with Crippen molar-refractivity contribution in [1.29, 1.82) is 0 Å². The van der Waals surface area contributed by atoms with Gasteiger partial charge in [-0.1, -0.05) is 58.4 Å². The number of ether oxygens (including phenoxy) is 1. The summed E-state index contributed by atoms with van der Waals surface area (Å²) < 4.78 is 6.27. The van der Waals surface area contributed by atoms with E-state index < -0.39 is 0 Å². The average Bonchev–Trinajstić information content (AvgIpc) is 3.34. The Bertz CT molecular complexity index is 1200. The van der Waals surface area contributed by atoms with Crippen molar-refractivity contribution in [3.63, 3.8) is 0 Å². The maximum absolute atomic E-state index is 13.5. The van der Waals surface area contributed by atoms with Crippen molar-refractivity contribution in [3.8, 4) is 17.0 Å². The van der Waals surface area contributed by atoms with E-state index in [2.05, 4.69) is 26.1 Å². The van der Waals surface area contributed by atoms with Crippen LogP contribution in [0, 0.1) is 0 Å². The highest BCUT2D eigenvalue weighted by atomic mass is 79.9. The third-order valence-electron chi connectivity index (χ3n) is 5.35. The molecule has 1 aliphatic rings. The van der Waals surface area contributed by atoms with Gasteiger partial charge in [0.1, 0.15) is 11.4 Å². The van der Waals surface area contributed by atoms with Crippen LogP contribution in [0.4, 0.5) is 5.69 Å². The lowest BCUT2D eigenvalue weighted by Gasteiger charge is -2.26. The molecule has 0 fully saturated rings. The van der Waals surface area contributed by atoms with Gasteiger partial charge in [0.15, 0.2) is 0 Å². The predicted molar refractivity (Wildman–Crippen MR) is 120 cm³/mol. The number of carbonyl (C=O) groups is 1. The van der Waals surface area contributed by atoms with Crippen molar-refractivity contribution in [2.24, 2.45) is 0 Å². The van der Waals surface area contributed by atoms with Gasteiger partial charge in [0.25, 0.3) is 5.91 Å². The Labute approximate surface area is 182 Å². The molecule has 6 heteroatoms. The summed E-state index contributed by atoms with van der Waals surface area (Å²) in [5, 5.41) is 7.50. The highest BCUT2D eigenvalue weighted by molar-refractivity contribution is 9.10. The zero-order valence-corrected chi connectivity index (χ0v) is 17.8. The van der Waals surface area contributed by atoms with Crippen LogP contribution in [0.1, 0.15) is 27.7 Å². The number of anilines is 1. The van der Waals surface area contributed by atoms with Crippen molar-refractivity contribution in [3.05, 3.63) is 100 Å². The van der Waals surface area contributed by atoms with Gasteiger partial charge < -0.3 is 4.74 Å². The van der Waals surface area contributed by atoms with E-state index >= 15 is 0 Å². The minimum atomic E-state index is -0.289. The van der Waals surface area contributed by atoms with Crippen LogP contribution in [-0.4, -0.2) is 23.2 Å². The van der Waals surface area contributed by atoms with Gasteiger partial charge in [-0.15, -0.1) is 0 Å². The van der Waals surface area contributed by atoms with Crippen LogP contribution in [0.5, 0.6) is 5.75 Å². The van der Waals surface area contributed by atoms with Crippen LogP contribution in [0.3, 0.4) is 0 Å². The molecule has 0 aliphatic carbocycles. The molecule has 1 N–H and O–H groups in total. The number of nitrogens with one attached hydrogen (secondary N) is 1. The average molecular weight is 460 g/mol. The summed E-state index contributed by atoms with van der Waals surface area (Å²) in [5.41, 5.74) is 5.00. The molecule has 3 aromatic carbocycles. The number of rotatable bonds is 4. The monoisotopic (exact) mass is 459 g/mol. The molecule has 1 aliphatic heterocycles. The molecule has 5 nitrogen and oxygen atoms in total. The van der Waals surface area contributed by atoms with E-state index in [1.165, 1.54) is 0 Å². The van der Waals surface area contributed by atoms with Crippen LogP contribution in [0.25, 0.3) is 11.3 Å². The van der Waals surface area contributed by atoms with Crippen LogP contribution in [0.15, 0.2) is 83.3 Å². The number of halogens is 1. The number of benzene rings is 3. The van der Waals surface area contributed by atoms with E-state index in [-0.39, 0.29) is 11.9 Å². The van der Waals surface area contributed by atoms with E-state index in [9.17, 15) is 4.79 Å². The first kappa shape index (κ1) is 18.6. The summed E-state index contributed by atoms with van der Waals surface area (Å²) in [5.74, 6) is 0.647. The Morgan fingerprint density at radius 3 is 2.33 bits per heavy atom. The first-order chi connectivity index (χ1) is 14.7. The number of aromatic amines is 1. The molecular weight excluding hydrogens is 442 g/mol. The van der Waals surface area contributed by atoms with E-state index in [1.807, 2.05) is 83.8 Å². The minimum Gasteiger partial charge on any atom is -0.497 e. The molecule has 1 atom stereocenters. The van der Waals surface area contributed by atoms with Crippen molar-refractivity contribution in [2.45, 2.75) is 6.04 Å². The molecule has 1 unspecified atom stereocenters. The Balaban J connectivity index is 1.70. The van der Waals surface area contributed by atoms with E-state index in [4.69, 9.17) is 4.74 Å². The van der Waals surface area contributed by atoms with Gasteiger partial charge in [-0.3, -0.25) is 14.8 Å². The zero-order chi connectivity index (χ0) is 20.7. The number of hydrogen-bond acceptors (Lipinski definition) is 3. The number of nitrogens with zero attached hydrogens (tertiary/aromatic N) is 2. The van der Waals surface area contributed by atoms with Crippen LogP contribution in [0.2, 0.25) is 0 Å². The lowest BCUT2D eigenvalue weighted by atomic mass is 9.96. The van der Waals surface area contributed by atoms with Crippen molar-refractivity contribution in [2.75, 3.05) is 12.0 Å². The Morgan fingerprint density at radius 1 is 0.967 bits per heavy atom. The van der Waals surface area contributed by atoms with E-state index in [0.29, 0.717) is 5.69 Å².